The highest BCUT2D eigenvalue weighted by molar-refractivity contribution is 5.95. The summed E-state index contributed by atoms with van der Waals surface area (Å²) in [5, 5.41) is 14.8. The molecule has 106 valence electrons. The molecule has 0 bridgehead atoms. The molecular weight excluding hydrogens is 275 g/mol. The molecule has 0 spiro atoms. The van der Waals surface area contributed by atoms with Gasteiger partial charge in [0.15, 0.2) is 11.6 Å². The van der Waals surface area contributed by atoms with Crippen LogP contribution in [0.5, 0.6) is 5.75 Å². The molecule has 1 aliphatic rings. The summed E-state index contributed by atoms with van der Waals surface area (Å²) in [6.07, 6.45) is -0.141. The lowest BCUT2D eigenvalue weighted by molar-refractivity contribution is -0.117. The van der Waals surface area contributed by atoms with Gasteiger partial charge in [-0.3, -0.25) is 4.79 Å². The van der Waals surface area contributed by atoms with Crippen LogP contribution in [0.4, 0.5) is 10.1 Å². The SMILES string of the molecule is COc1ccc(NC(=O)C2CC(O)CN2)cc1F.Cl. The van der Waals surface area contributed by atoms with Crippen molar-refractivity contribution in [1.29, 1.82) is 0 Å². The van der Waals surface area contributed by atoms with E-state index in [2.05, 4.69) is 10.6 Å². The number of amides is 1. The number of carbonyl (C=O) groups excluding carboxylic acids is 1. The molecule has 2 rings (SSSR count). The van der Waals surface area contributed by atoms with E-state index in [4.69, 9.17) is 4.74 Å². The molecule has 0 saturated carbocycles. The standard InChI is InChI=1S/C12H15FN2O3.ClH/c1-18-11-3-2-7(4-9(11)13)15-12(17)10-5-8(16)6-14-10;/h2-4,8,10,14,16H,5-6H2,1H3,(H,15,17);1H. The van der Waals surface area contributed by atoms with Gasteiger partial charge in [0, 0.05) is 18.3 Å². The monoisotopic (exact) mass is 290 g/mol. The average Bonchev–Trinajstić information content (AvgIpc) is 2.76. The summed E-state index contributed by atoms with van der Waals surface area (Å²) in [5.41, 5.74) is 0.362. The lowest BCUT2D eigenvalue weighted by Crippen LogP contribution is -2.35. The van der Waals surface area contributed by atoms with E-state index in [1.807, 2.05) is 0 Å². The van der Waals surface area contributed by atoms with Crippen LogP contribution in [-0.2, 0) is 4.79 Å². The van der Waals surface area contributed by atoms with Crippen LogP contribution in [0.2, 0.25) is 0 Å². The van der Waals surface area contributed by atoms with Crippen LogP contribution in [0.15, 0.2) is 18.2 Å². The zero-order valence-corrected chi connectivity index (χ0v) is 11.2. The van der Waals surface area contributed by atoms with Crippen molar-refractivity contribution < 1.29 is 19.0 Å². The maximum atomic E-state index is 13.4. The fraction of sp³-hybridized carbons (Fsp3) is 0.417. The van der Waals surface area contributed by atoms with Gasteiger partial charge in [-0.1, -0.05) is 0 Å². The molecule has 0 aliphatic carbocycles. The number of anilines is 1. The fourth-order valence-corrected chi connectivity index (χ4v) is 1.89. The van der Waals surface area contributed by atoms with Gasteiger partial charge in [-0.15, -0.1) is 12.4 Å². The number of halogens is 2. The summed E-state index contributed by atoms with van der Waals surface area (Å²) in [5.74, 6) is -0.687. The van der Waals surface area contributed by atoms with Gasteiger partial charge in [-0.2, -0.15) is 0 Å². The van der Waals surface area contributed by atoms with Crippen molar-refractivity contribution in [2.75, 3.05) is 19.0 Å². The van der Waals surface area contributed by atoms with Crippen LogP contribution in [-0.4, -0.2) is 36.8 Å². The second kappa shape index (κ2) is 6.70. The summed E-state index contributed by atoms with van der Waals surface area (Å²) in [7, 11) is 1.38. The van der Waals surface area contributed by atoms with E-state index in [-0.39, 0.29) is 24.1 Å². The number of β-amino-alcohol motifs (C(OH)–C–C–N with tert-alkyl or cyclic N) is 1. The van der Waals surface area contributed by atoms with Crippen LogP contribution in [0.25, 0.3) is 0 Å². The van der Waals surface area contributed by atoms with Crippen molar-refractivity contribution in [3.05, 3.63) is 24.0 Å². The van der Waals surface area contributed by atoms with Gasteiger partial charge in [0.1, 0.15) is 0 Å². The summed E-state index contributed by atoms with van der Waals surface area (Å²) >= 11 is 0. The normalized spacial score (nSPS) is 21.6. The number of rotatable bonds is 3. The van der Waals surface area contributed by atoms with Crippen molar-refractivity contribution in [2.45, 2.75) is 18.6 Å². The first-order chi connectivity index (χ1) is 8.60. The summed E-state index contributed by atoms with van der Waals surface area (Å²) < 4.78 is 18.2. The third-order valence-corrected chi connectivity index (χ3v) is 2.84. The average molecular weight is 291 g/mol. The molecule has 1 aromatic carbocycles. The fourth-order valence-electron chi connectivity index (χ4n) is 1.89. The van der Waals surface area contributed by atoms with Crippen molar-refractivity contribution in [2.24, 2.45) is 0 Å². The molecular formula is C12H16ClFN2O3. The van der Waals surface area contributed by atoms with Crippen molar-refractivity contribution in [3.8, 4) is 5.75 Å². The molecule has 2 unspecified atom stereocenters. The number of hydrogen-bond acceptors (Lipinski definition) is 4. The largest absolute Gasteiger partial charge is 0.494 e. The maximum Gasteiger partial charge on any atom is 0.241 e. The minimum absolute atomic E-state index is 0. The predicted molar refractivity (Wildman–Crippen MR) is 71.2 cm³/mol. The summed E-state index contributed by atoms with van der Waals surface area (Å²) in [4.78, 5) is 11.8. The lowest BCUT2D eigenvalue weighted by Gasteiger charge is -2.11. The quantitative estimate of drug-likeness (QED) is 0.774. The lowest BCUT2D eigenvalue weighted by atomic mass is 10.2. The minimum Gasteiger partial charge on any atom is -0.494 e. The molecule has 3 N–H and O–H groups in total. The Hall–Kier alpha value is -1.37. The highest BCUT2D eigenvalue weighted by Crippen LogP contribution is 2.21. The molecule has 1 heterocycles. The Bertz CT molecular complexity index is 459. The van der Waals surface area contributed by atoms with Crippen LogP contribution in [0, 0.1) is 5.82 Å². The van der Waals surface area contributed by atoms with E-state index >= 15 is 0 Å². The van der Waals surface area contributed by atoms with Gasteiger partial charge in [-0.25, -0.2) is 4.39 Å². The Labute approximate surface area is 116 Å². The van der Waals surface area contributed by atoms with Crippen LogP contribution >= 0.6 is 12.4 Å². The Balaban J connectivity index is 0.00000180. The Morgan fingerprint density at radius 1 is 1.58 bits per heavy atom. The first-order valence-electron chi connectivity index (χ1n) is 5.66. The number of nitrogens with one attached hydrogen (secondary N) is 2. The molecule has 0 aromatic heterocycles. The topological polar surface area (TPSA) is 70.6 Å². The molecule has 1 amide bonds. The zero-order valence-electron chi connectivity index (χ0n) is 10.4. The van der Waals surface area contributed by atoms with E-state index in [9.17, 15) is 14.3 Å². The number of methoxy groups -OCH3 is 1. The van der Waals surface area contributed by atoms with E-state index in [1.165, 1.54) is 19.2 Å². The third-order valence-electron chi connectivity index (χ3n) is 2.84. The van der Waals surface area contributed by atoms with Crippen molar-refractivity contribution in [3.63, 3.8) is 0 Å². The molecule has 1 aromatic rings. The second-order valence-electron chi connectivity index (χ2n) is 4.19. The number of hydrogen-bond donors (Lipinski definition) is 3. The second-order valence-corrected chi connectivity index (χ2v) is 4.19. The van der Waals surface area contributed by atoms with Gasteiger partial charge in [0.2, 0.25) is 5.91 Å². The molecule has 5 nitrogen and oxygen atoms in total. The van der Waals surface area contributed by atoms with Crippen LogP contribution in [0.1, 0.15) is 6.42 Å². The van der Waals surface area contributed by atoms with E-state index in [0.29, 0.717) is 18.7 Å². The first-order valence-corrected chi connectivity index (χ1v) is 5.66. The summed E-state index contributed by atoms with van der Waals surface area (Å²) in [6.45, 7) is 0.398. The van der Waals surface area contributed by atoms with Gasteiger partial charge in [-0.05, 0) is 18.6 Å². The van der Waals surface area contributed by atoms with Crippen LogP contribution < -0.4 is 15.4 Å². The smallest absolute Gasteiger partial charge is 0.241 e. The molecule has 1 aliphatic heterocycles. The number of carbonyl (C=O) groups is 1. The van der Waals surface area contributed by atoms with Gasteiger partial charge in [0.05, 0.1) is 19.3 Å². The highest BCUT2D eigenvalue weighted by Gasteiger charge is 2.28. The summed E-state index contributed by atoms with van der Waals surface area (Å²) in [6, 6.07) is 3.76. The molecule has 1 fully saturated rings. The van der Waals surface area contributed by atoms with E-state index in [0.717, 1.165) is 0 Å². The van der Waals surface area contributed by atoms with Crippen molar-refractivity contribution in [1.82, 2.24) is 5.32 Å². The predicted octanol–water partition coefficient (Wildman–Crippen LogP) is 0.917. The molecule has 19 heavy (non-hydrogen) atoms. The molecule has 2 atom stereocenters. The Morgan fingerprint density at radius 2 is 2.32 bits per heavy atom. The van der Waals surface area contributed by atoms with Crippen molar-refractivity contribution >= 4 is 24.0 Å². The Morgan fingerprint density at radius 3 is 2.84 bits per heavy atom. The Kier molecular flexibility index (Phi) is 5.53. The van der Waals surface area contributed by atoms with Gasteiger partial charge in [0.25, 0.3) is 0 Å². The van der Waals surface area contributed by atoms with Gasteiger partial charge >= 0.3 is 0 Å². The molecule has 1 saturated heterocycles. The number of aliphatic hydroxyl groups excluding tert-OH is 1. The maximum absolute atomic E-state index is 13.4. The van der Waals surface area contributed by atoms with Gasteiger partial charge < -0.3 is 20.5 Å². The molecule has 7 heteroatoms. The van der Waals surface area contributed by atoms with E-state index in [1.54, 1.807) is 6.07 Å². The number of ether oxygens (including phenoxy) is 1. The number of aliphatic hydroxyl groups is 1. The minimum atomic E-state index is -0.533. The molecule has 0 radical (unpaired) electrons. The first kappa shape index (κ1) is 15.7. The highest BCUT2D eigenvalue weighted by atomic mass is 35.5. The van der Waals surface area contributed by atoms with Crippen LogP contribution in [0.3, 0.4) is 0 Å². The zero-order chi connectivity index (χ0) is 13.1. The number of benzene rings is 1. The third kappa shape index (κ3) is 3.79. The van der Waals surface area contributed by atoms with E-state index < -0.39 is 18.0 Å².